The number of fused-ring (bicyclic) bond motifs is 1. The van der Waals surface area contributed by atoms with E-state index in [4.69, 9.17) is 5.73 Å². The molecule has 0 amide bonds. The molecule has 3 N–H and O–H groups in total. The molecule has 0 saturated carbocycles. The molecule has 3 aromatic rings. The fourth-order valence-corrected chi connectivity index (χ4v) is 5.28. The summed E-state index contributed by atoms with van der Waals surface area (Å²) in [5.41, 5.74) is 15.7. The number of benzene rings is 1. The highest BCUT2D eigenvalue weighted by Gasteiger charge is 2.23. The second-order valence-electron chi connectivity index (χ2n) is 9.66. The third kappa shape index (κ3) is 3.97. The third-order valence-electron chi connectivity index (χ3n) is 6.98. The van der Waals surface area contributed by atoms with Gasteiger partial charge in [-0.15, -0.1) is 0 Å². The van der Waals surface area contributed by atoms with Crippen LogP contribution < -0.4 is 5.73 Å². The summed E-state index contributed by atoms with van der Waals surface area (Å²) in [6.07, 6.45) is 9.26. The quantitative estimate of drug-likeness (QED) is 0.542. The standard InChI is InChI=1S/C27H33N5/c1-17(2)26-23-13-21(20-7-10-32(11-8-20)16-19-6-9-29-14-19)4-5-25(23)31-27(26)22-12-18(3)30-15-24(22)28/h4-5,9,12-15,17,20,31H,6-8,10-11,16,28H2,1-3H3. The highest BCUT2D eigenvalue weighted by atomic mass is 15.1. The maximum atomic E-state index is 6.33. The average molecular weight is 428 g/mol. The van der Waals surface area contributed by atoms with E-state index in [1.807, 2.05) is 19.3 Å². The van der Waals surface area contributed by atoms with E-state index in [2.05, 4.69) is 58.0 Å². The summed E-state index contributed by atoms with van der Waals surface area (Å²) in [5.74, 6) is 1.02. The van der Waals surface area contributed by atoms with Gasteiger partial charge in [0.15, 0.2) is 0 Å². The second kappa shape index (κ2) is 8.55. The molecule has 5 heteroatoms. The predicted octanol–water partition coefficient (Wildman–Crippen LogP) is 5.78. The number of H-pyrrole nitrogens is 1. The van der Waals surface area contributed by atoms with Crippen LogP contribution >= 0.6 is 0 Å². The van der Waals surface area contributed by atoms with E-state index in [0.29, 0.717) is 11.8 Å². The topological polar surface area (TPSA) is 70.3 Å². The van der Waals surface area contributed by atoms with Crippen molar-refractivity contribution in [2.45, 2.75) is 51.9 Å². The minimum absolute atomic E-state index is 0.394. The van der Waals surface area contributed by atoms with Crippen LogP contribution in [0.15, 0.2) is 47.2 Å². The molecule has 32 heavy (non-hydrogen) atoms. The van der Waals surface area contributed by atoms with Crippen molar-refractivity contribution in [3.05, 3.63) is 59.1 Å². The van der Waals surface area contributed by atoms with E-state index in [-0.39, 0.29) is 0 Å². The van der Waals surface area contributed by atoms with Crippen LogP contribution in [-0.4, -0.2) is 40.7 Å². The Labute approximate surface area is 190 Å². The number of aryl methyl sites for hydroxylation is 1. The van der Waals surface area contributed by atoms with Gasteiger partial charge in [0.1, 0.15) is 0 Å². The lowest BCUT2D eigenvalue weighted by Gasteiger charge is -2.32. The van der Waals surface area contributed by atoms with Gasteiger partial charge in [-0.05, 0) is 79.6 Å². The molecular weight excluding hydrogens is 394 g/mol. The van der Waals surface area contributed by atoms with E-state index >= 15 is 0 Å². The fraction of sp³-hybridized carbons (Fsp3) is 0.407. The molecule has 0 unspecified atom stereocenters. The predicted molar refractivity (Wildman–Crippen MR) is 134 cm³/mol. The first kappa shape index (κ1) is 21.0. The molecule has 0 spiro atoms. The van der Waals surface area contributed by atoms with Crippen LogP contribution in [0.1, 0.15) is 61.8 Å². The van der Waals surface area contributed by atoms with Crippen LogP contribution in [0.25, 0.3) is 22.2 Å². The molecule has 5 rings (SSSR count). The number of aliphatic imine (C=N–C) groups is 1. The SMILES string of the molecule is Cc1cc(-c2[nH]c3ccc(C4CCN(CC5=CN=CC5)CC4)cc3c2C(C)C)c(N)cn1. The summed E-state index contributed by atoms with van der Waals surface area (Å²) in [7, 11) is 0. The Hall–Kier alpha value is -2.92. The summed E-state index contributed by atoms with van der Waals surface area (Å²) in [5, 5.41) is 1.33. The van der Waals surface area contributed by atoms with Crippen LogP contribution in [0.3, 0.4) is 0 Å². The largest absolute Gasteiger partial charge is 0.397 e. The number of aromatic amines is 1. The maximum Gasteiger partial charge on any atom is 0.0595 e. The van der Waals surface area contributed by atoms with Crippen molar-refractivity contribution in [1.29, 1.82) is 0 Å². The molecule has 0 atom stereocenters. The van der Waals surface area contributed by atoms with Crippen molar-refractivity contribution >= 4 is 22.8 Å². The number of piperidine rings is 1. The number of hydrogen-bond donors (Lipinski definition) is 2. The number of rotatable bonds is 5. The zero-order valence-electron chi connectivity index (χ0n) is 19.4. The van der Waals surface area contributed by atoms with Gasteiger partial charge in [-0.1, -0.05) is 19.9 Å². The monoisotopic (exact) mass is 427 g/mol. The number of anilines is 1. The minimum atomic E-state index is 0.394. The van der Waals surface area contributed by atoms with Gasteiger partial charge in [0.25, 0.3) is 0 Å². The molecule has 1 fully saturated rings. The number of hydrogen-bond acceptors (Lipinski definition) is 4. The van der Waals surface area contributed by atoms with Crippen LogP contribution in [0.5, 0.6) is 0 Å². The van der Waals surface area contributed by atoms with Crippen molar-refractivity contribution in [1.82, 2.24) is 14.9 Å². The van der Waals surface area contributed by atoms with Crippen LogP contribution in [-0.2, 0) is 0 Å². The first-order valence-electron chi connectivity index (χ1n) is 11.8. The Kier molecular flexibility index (Phi) is 5.60. The van der Waals surface area contributed by atoms with Crippen LogP contribution in [0, 0.1) is 6.92 Å². The molecule has 2 aliphatic heterocycles. The number of nitrogens with one attached hydrogen (secondary N) is 1. The Morgan fingerprint density at radius 2 is 2.00 bits per heavy atom. The van der Waals surface area contributed by atoms with E-state index in [1.165, 1.54) is 40.4 Å². The number of aromatic nitrogens is 2. The Morgan fingerprint density at radius 3 is 2.72 bits per heavy atom. The summed E-state index contributed by atoms with van der Waals surface area (Å²) >= 11 is 0. The Bertz CT molecular complexity index is 1190. The summed E-state index contributed by atoms with van der Waals surface area (Å²) in [6.45, 7) is 9.93. The van der Waals surface area contributed by atoms with Crippen molar-refractivity contribution < 1.29 is 0 Å². The zero-order valence-corrected chi connectivity index (χ0v) is 19.4. The number of likely N-dealkylation sites (tertiary alicyclic amines) is 1. The highest BCUT2D eigenvalue weighted by Crippen LogP contribution is 2.39. The number of nitrogen functional groups attached to an aromatic ring is 1. The summed E-state index contributed by atoms with van der Waals surface area (Å²) in [6, 6.07) is 9.11. The van der Waals surface area contributed by atoms with Gasteiger partial charge in [-0.3, -0.25) is 14.9 Å². The van der Waals surface area contributed by atoms with E-state index in [1.54, 1.807) is 6.20 Å². The Morgan fingerprint density at radius 1 is 1.19 bits per heavy atom. The Balaban J connectivity index is 1.43. The van der Waals surface area contributed by atoms with Crippen molar-refractivity contribution in [2.24, 2.45) is 4.99 Å². The van der Waals surface area contributed by atoms with Gasteiger partial charge in [0.05, 0.1) is 17.6 Å². The lowest BCUT2D eigenvalue weighted by Crippen LogP contribution is -2.34. The zero-order chi connectivity index (χ0) is 22.2. The van der Waals surface area contributed by atoms with Crippen LogP contribution in [0.4, 0.5) is 5.69 Å². The lowest BCUT2D eigenvalue weighted by atomic mass is 9.87. The highest BCUT2D eigenvalue weighted by molar-refractivity contribution is 5.94. The molecule has 2 aromatic heterocycles. The van der Waals surface area contributed by atoms with E-state index < -0.39 is 0 Å². The van der Waals surface area contributed by atoms with Gasteiger partial charge >= 0.3 is 0 Å². The van der Waals surface area contributed by atoms with E-state index in [0.717, 1.165) is 48.7 Å². The van der Waals surface area contributed by atoms with Gasteiger partial charge in [0.2, 0.25) is 0 Å². The van der Waals surface area contributed by atoms with E-state index in [9.17, 15) is 0 Å². The maximum absolute atomic E-state index is 6.33. The van der Waals surface area contributed by atoms with Crippen LogP contribution in [0.2, 0.25) is 0 Å². The third-order valence-corrected chi connectivity index (χ3v) is 6.98. The smallest absolute Gasteiger partial charge is 0.0595 e. The molecule has 0 radical (unpaired) electrons. The molecule has 166 valence electrons. The molecule has 2 aliphatic rings. The van der Waals surface area contributed by atoms with Crippen molar-refractivity contribution in [3.63, 3.8) is 0 Å². The van der Waals surface area contributed by atoms with Gasteiger partial charge < -0.3 is 10.7 Å². The molecule has 4 heterocycles. The first-order valence-corrected chi connectivity index (χ1v) is 11.8. The fourth-order valence-electron chi connectivity index (χ4n) is 5.28. The minimum Gasteiger partial charge on any atom is -0.397 e. The second-order valence-corrected chi connectivity index (χ2v) is 9.66. The number of nitrogens with two attached hydrogens (primary N) is 1. The molecular formula is C27H33N5. The molecule has 1 aromatic carbocycles. The molecule has 5 nitrogen and oxygen atoms in total. The first-order chi connectivity index (χ1) is 15.5. The summed E-state index contributed by atoms with van der Waals surface area (Å²) in [4.78, 5) is 14.9. The normalized spacial score (nSPS) is 17.6. The van der Waals surface area contributed by atoms with Gasteiger partial charge in [0, 0.05) is 47.5 Å². The molecule has 0 aliphatic carbocycles. The van der Waals surface area contributed by atoms with Crippen molar-refractivity contribution in [3.8, 4) is 11.3 Å². The molecule has 1 saturated heterocycles. The van der Waals surface area contributed by atoms with Gasteiger partial charge in [-0.25, -0.2) is 0 Å². The van der Waals surface area contributed by atoms with Crippen molar-refractivity contribution in [2.75, 3.05) is 25.4 Å². The molecule has 0 bridgehead atoms. The average Bonchev–Trinajstić information content (AvgIpc) is 3.43. The number of pyridine rings is 1. The van der Waals surface area contributed by atoms with Gasteiger partial charge in [-0.2, -0.15) is 0 Å². The number of nitrogens with zero attached hydrogens (tertiary/aromatic N) is 3. The summed E-state index contributed by atoms with van der Waals surface area (Å²) < 4.78 is 0. The lowest BCUT2D eigenvalue weighted by molar-refractivity contribution is 0.228.